The molecule has 2 fully saturated rings. The number of fused-ring (bicyclic) bond motifs is 2. The Bertz CT molecular complexity index is 314. The fourth-order valence-corrected chi connectivity index (χ4v) is 2.73. The molecule has 2 aliphatic heterocycles. The molecule has 5 nitrogen and oxygen atoms in total. The lowest BCUT2D eigenvalue weighted by Crippen LogP contribution is -2.39. The van der Waals surface area contributed by atoms with Gasteiger partial charge >= 0.3 is 6.09 Å². The smallest absolute Gasteiger partial charge is 0.407 e. The third kappa shape index (κ3) is 4.66. The monoisotopic (exact) mass is 270 g/mol. The Morgan fingerprint density at radius 1 is 1.32 bits per heavy atom. The molecule has 19 heavy (non-hydrogen) atoms. The van der Waals surface area contributed by atoms with E-state index in [2.05, 4.69) is 10.6 Å². The van der Waals surface area contributed by atoms with Crippen LogP contribution in [-0.4, -0.2) is 43.0 Å². The van der Waals surface area contributed by atoms with Gasteiger partial charge in [-0.05, 0) is 53.0 Å². The van der Waals surface area contributed by atoms with Crippen LogP contribution in [0.1, 0.15) is 46.5 Å². The molecule has 5 heteroatoms. The van der Waals surface area contributed by atoms with Crippen LogP contribution < -0.4 is 10.6 Å². The maximum atomic E-state index is 11.4. The molecule has 0 aromatic carbocycles. The van der Waals surface area contributed by atoms with E-state index in [-0.39, 0.29) is 6.09 Å². The Balaban J connectivity index is 1.50. The zero-order valence-electron chi connectivity index (χ0n) is 12.2. The van der Waals surface area contributed by atoms with E-state index in [1.54, 1.807) is 0 Å². The van der Waals surface area contributed by atoms with E-state index in [1.807, 2.05) is 20.8 Å². The number of carbonyl (C=O) groups excluding carboxylic acids is 1. The standard InChI is InChI=1S/C14H26N2O3/c1-14(2,3)19-13(17)16-8-4-7-15-11-9-10-5-6-12(11)18-10/h10-12,15H,4-9H2,1-3H3,(H,16,17). The molecule has 110 valence electrons. The second-order valence-electron chi connectivity index (χ2n) is 6.45. The Morgan fingerprint density at radius 2 is 2.11 bits per heavy atom. The van der Waals surface area contributed by atoms with Crippen molar-refractivity contribution < 1.29 is 14.3 Å². The van der Waals surface area contributed by atoms with Crippen LogP contribution in [0.25, 0.3) is 0 Å². The average molecular weight is 270 g/mol. The minimum absolute atomic E-state index is 0.337. The molecule has 2 bridgehead atoms. The first-order valence-electron chi connectivity index (χ1n) is 7.30. The second kappa shape index (κ2) is 6.09. The van der Waals surface area contributed by atoms with Crippen molar-refractivity contribution in [3.63, 3.8) is 0 Å². The summed E-state index contributed by atoms with van der Waals surface area (Å²) < 4.78 is 11.0. The van der Waals surface area contributed by atoms with Crippen LogP contribution in [0.15, 0.2) is 0 Å². The van der Waals surface area contributed by atoms with Crippen molar-refractivity contribution in [3.8, 4) is 0 Å². The summed E-state index contributed by atoms with van der Waals surface area (Å²) in [5.74, 6) is 0. The minimum atomic E-state index is -0.428. The number of hydrogen-bond donors (Lipinski definition) is 2. The van der Waals surface area contributed by atoms with Gasteiger partial charge in [-0.3, -0.25) is 0 Å². The highest BCUT2D eigenvalue weighted by Gasteiger charge is 2.40. The molecule has 2 heterocycles. The number of nitrogens with one attached hydrogen (secondary N) is 2. The summed E-state index contributed by atoms with van der Waals surface area (Å²) in [5, 5.41) is 6.28. The highest BCUT2D eigenvalue weighted by atomic mass is 16.6. The molecule has 2 N–H and O–H groups in total. The van der Waals surface area contributed by atoms with E-state index in [0.29, 0.717) is 24.8 Å². The average Bonchev–Trinajstić information content (AvgIpc) is 2.87. The van der Waals surface area contributed by atoms with E-state index >= 15 is 0 Å². The minimum Gasteiger partial charge on any atom is -0.444 e. The molecule has 2 saturated heterocycles. The first kappa shape index (κ1) is 14.6. The third-order valence-corrected chi connectivity index (χ3v) is 3.53. The van der Waals surface area contributed by atoms with E-state index in [4.69, 9.17) is 9.47 Å². The van der Waals surface area contributed by atoms with Gasteiger partial charge in [0.25, 0.3) is 0 Å². The largest absolute Gasteiger partial charge is 0.444 e. The first-order chi connectivity index (χ1) is 8.94. The predicted octanol–water partition coefficient (Wildman–Crippen LogP) is 1.81. The molecule has 3 atom stereocenters. The SMILES string of the molecule is CC(C)(C)OC(=O)NCCCNC1CC2CCC1O2. The summed E-state index contributed by atoms with van der Waals surface area (Å²) in [6, 6.07) is 0.514. The van der Waals surface area contributed by atoms with Gasteiger partial charge in [0.1, 0.15) is 5.60 Å². The first-order valence-corrected chi connectivity index (χ1v) is 7.30. The fourth-order valence-electron chi connectivity index (χ4n) is 2.73. The molecule has 0 aromatic rings. The number of amides is 1. The van der Waals surface area contributed by atoms with Crippen LogP contribution in [-0.2, 0) is 9.47 Å². The molecule has 2 aliphatic rings. The third-order valence-electron chi connectivity index (χ3n) is 3.53. The topological polar surface area (TPSA) is 59.6 Å². The predicted molar refractivity (Wildman–Crippen MR) is 73.2 cm³/mol. The van der Waals surface area contributed by atoms with E-state index in [0.717, 1.165) is 19.4 Å². The van der Waals surface area contributed by atoms with Gasteiger partial charge in [0.2, 0.25) is 0 Å². The van der Waals surface area contributed by atoms with Gasteiger partial charge in [0.05, 0.1) is 12.2 Å². The number of ether oxygens (including phenoxy) is 2. The quantitative estimate of drug-likeness (QED) is 0.748. The van der Waals surface area contributed by atoms with Gasteiger partial charge in [-0.1, -0.05) is 0 Å². The maximum Gasteiger partial charge on any atom is 0.407 e. The van der Waals surface area contributed by atoms with Crippen LogP contribution in [0.2, 0.25) is 0 Å². The highest BCUT2D eigenvalue weighted by Crippen LogP contribution is 2.34. The number of hydrogen-bond acceptors (Lipinski definition) is 4. The van der Waals surface area contributed by atoms with E-state index in [1.165, 1.54) is 12.8 Å². The van der Waals surface area contributed by atoms with Crippen molar-refractivity contribution in [2.24, 2.45) is 0 Å². The van der Waals surface area contributed by atoms with Crippen molar-refractivity contribution in [2.75, 3.05) is 13.1 Å². The Labute approximate surface area is 115 Å². The molecule has 3 unspecified atom stereocenters. The number of alkyl carbamates (subject to hydrolysis) is 1. The van der Waals surface area contributed by atoms with Crippen molar-refractivity contribution >= 4 is 6.09 Å². The van der Waals surface area contributed by atoms with Crippen LogP contribution in [0.5, 0.6) is 0 Å². The summed E-state index contributed by atoms with van der Waals surface area (Å²) in [6.45, 7) is 7.15. The van der Waals surface area contributed by atoms with Crippen LogP contribution >= 0.6 is 0 Å². The molecule has 0 saturated carbocycles. The van der Waals surface area contributed by atoms with E-state index in [9.17, 15) is 4.79 Å². The summed E-state index contributed by atoms with van der Waals surface area (Å²) in [7, 11) is 0. The molecule has 1 amide bonds. The summed E-state index contributed by atoms with van der Waals surface area (Å²) >= 11 is 0. The van der Waals surface area contributed by atoms with Crippen LogP contribution in [0.4, 0.5) is 4.79 Å². The number of rotatable bonds is 5. The van der Waals surface area contributed by atoms with Crippen molar-refractivity contribution in [3.05, 3.63) is 0 Å². The summed E-state index contributed by atoms with van der Waals surface area (Å²) in [5.41, 5.74) is -0.428. The molecule has 0 aliphatic carbocycles. The lowest BCUT2D eigenvalue weighted by Gasteiger charge is -2.21. The second-order valence-corrected chi connectivity index (χ2v) is 6.45. The molecule has 2 rings (SSSR count). The fraction of sp³-hybridized carbons (Fsp3) is 0.929. The molecule has 0 spiro atoms. The summed E-state index contributed by atoms with van der Waals surface area (Å²) in [4.78, 5) is 11.4. The van der Waals surface area contributed by atoms with Crippen LogP contribution in [0.3, 0.4) is 0 Å². The Morgan fingerprint density at radius 3 is 2.68 bits per heavy atom. The normalized spacial score (nSPS) is 29.5. The molecule has 0 radical (unpaired) electrons. The van der Waals surface area contributed by atoms with E-state index < -0.39 is 5.60 Å². The summed E-state index contributed by atoms with van der Waals surface area (Å²) in [6.07, 6.45) is 5.04. The Hall–Kier alpha value is -0.810. The zero-order valence-corrected chi connectivity index (χ0v) is 12.2. The molecule has 0 aromatic heterocycles. The van der Waals surface area contributed by atoms with Gasteiger partial charge in [-0.25, -0.2) is 4.79 Å². The van der Waals surface area contributed by atoms with Gasteiger partial charge in [-0.15, -0.1) is 0 Å². The highest BCUT2D eigenvalue weighted by molar-refractivity contribution is 5.67. The zero-order chi connectivity index (χ0) is 13.9. The van der Waals surface area contributed by atoms with Gasteiger partial charge in [-0.2, -0.15) is 0 Å². The molecular formula is C14H26N2O3. The number of carbonyl (C=O) groups is 1. The lowest BCUT2D eigenvalue weighted by atomic mass is 9.95. The molecular weight excluding hydrogens is 244 g/mol. The van der Waals surface area contributed by atoms with Crippen molar-refractivity contribution in [1.29, 1.82) is 0 Å². The van der Waals surface area contributed by atoms with Gasteiger partial charge in [0, 0.05) is 12.6 Å². The Kier molecular flexibility index (Phi) is 4.68. The van der Waals surface area contributed by atoms with Crippen LogP contribution in [0, 0.1) is 0 Å². The van der Waals surface area contributed by atoms with Crippen molar-refractivity contribution in [1.82, 2.24) is 10.6 Å². The van der Waals surface area contributed by atoms with Gasteiger partial charge in [0.15, 0.2) is 0 Å². The van der Waals surface area contributed by atoms with Crippen molar-refractivity contribution in [2.45, 2.75) is 70.3 Å². The van der Waals surface area contributed by atoms with Gasteiger partial charge < -0.3 is 20.1 Å². The lowest BCUT2D eigenvalue weighted by molar-refractivity contribution is 0.0527. The maximum absolute atomic E-state index is 11.4.